The van der Waals surface area contributed by atoms with E-state index in [1.54, 1.807) is 6.92 Å². The second-order valence-corrected chi connectivity index (χ2v) is 8.71. The first-order chi connectivity index (χ1) is 12.4. The molecule has 1 saturated heterocycles. The molecular formula is C20H24NO4P. The first kappa shape index (κ1) is 17.9. The van der Waals surface area contributed by atoms with E-state index in [4.69, 9.17) is 9.05 Å². The highest BCUT2D eigenvalue weighted by Crippen LogP contribution is 2.60. The van der Waals surface area contributed by atoms with Gasteiger partial charge in [-0.3, -0.25) is 13.9 Å². The molecule has 0 radical (unpaired) electrons. The van der Waals surface area contributed by atoms with Crippen LogP contribution in [0.4, 0.5) is 0 Å². The maximum atomic E-state index is 12.0. The minimum atomic E-state index is -4.06. The minimum absolute atomic E-state index is 0.00977. The second-order valence-electron chi connectivity index (χ2n) is 7.31. The molecule has 4 atom stereocenters. The molecule has 2 fully saturated rings. The van der Waals surface area contributed by atoms with E-state index in [0.29, 0.717) is 5.92 Å². The van der Waals surface area contributed by atoms with Crippen molar-refractivity contribution in [1.82, 2.24) is 4.90 Å². The van der Waals surface area contributed by atoms with Crippen LogP contribution in [-0.4, -0.2) is 35.7 Å². The van der Waals surface area contributed by atoms with Crippen LogP contribution in [0.25, 0.3) is 10.8 Å². The number of hydrogen-bond donors (Lipinski definition) is 1. The summed E-state index contributed by atoms with van der Waals surface area (Å²) in [5.74, 6) is 0.571. The third-order valence-electron chi connectivity index (χ3n) is 5.65. The fourth-order valence-electron chi connectivity index (χ4n) is 4.18. The molecule has 1 N–H and O–H groups in total. The highest BCUT2D eigenvalue weighted by molar-refractivity contribution is 7.47. The molecule has 0 bridgehead atoms. The molecule has 2 aromatic rings. The molecule has 1 heterocycles. The fourth-order valence-corrected chi connectivity index (χ4v) is 5.05. The van der Waals surface area contributed by atoms with Gasteiger partial charge in [0.1, 0.15) is 6.23 Å². The van der Waals surface area contributed by atoms with Gasteiger partial charge in [-0.15, -0.1) is 6.58 Å². The van der Waals surface area contributed by atoms with Crippen LogP contribution in [-0.2, 0) is 19.0 Å². The summed E-state index contributed by atoms with van der Waals surface area (Å²) in [5, 5.41) is 2.50. The van der Waals surface area contributed by atoms with Gasteiger partial charge in [-0.05, 0) is 35.6 Å². The molecule has 0 amide bonds. The van der Waals surface area contributed by atoms with Crippen molar-refractivity contribution in [3.8, 4) is 0 Å². The highest BCUT2D eigenvalue weighted by Gasteiger charge is 2.61. The van der Waals surface area contributed by atoms with Crippen molar-refractivity contribution in [3.63, 3.8) is 0 Å². The fraction of sp³-hybridized carbons (Fsp3) is 0.400. The zero-order valence-electron chi connectivity index (χ0n) is 14.9. The van der Waals surface area contributed by atoms with Gasteiger partial charge in [0.25, 0.3) is 0 Å². The van der Waals surface area contributed by atoms with Gasteiger partial charge < -0.3 is 4.89 Å². The van der Waals surface area contributed by atoms with Crippen molar-refractivity contribution in [3.05, 3.63) is 60.7 Å². The van der Waals surface area contributed by atoms with Crippen molar-refractivity contribution >= 4 is 18.6 Å². The SMILES string of the molecule is C=CCOP(=O)(O)OC(C)N1C[C@H]2C[C@@]2(c2ccc3ccccc3c2)C1. The van der Waals surface area contributed by atoms with Crippen LogP contribution in [0, 0.1) is 5.92 Å². The van der Waals surface area contributed by atoms with Crippen molar-refractivity contribution < 1.29 is 18.5 Å². The maximum absolute atomic E-state index is 12.0. The molecule has 2 aliphatic rings. The minimum Gasteiger partial charge on any atom is -0.302 e. The van der Waals surface area contributed by atoms with Gasteiger partial charge in [0.2, 0.25) is 0 Å². The predicted molar refractivity (Wildman–Crippen MR) is 102 cm³/mol. The van der Waals surface area contributed by atoms with Crippen molar-refractivity contribution in [2.75, 3.05) is 19.7 Å². The first-order valence-corrected chi connectivity index (χ1v) is 10.4. The monoisotopic (exact) mass is 373 g/mol. The molecule has 5 nitrogen and oxygen atoms in total. The van der Waals surface area contributed by atoms with Crippen LogP contribution in [0.15, 0.2) is 55.1 Å². The topological polar surface area (TPSA) is 59.0 Å². The molecule has 26 heavy (non-hydrogen) atoms. The van der Waals surface area contributed by atoms with E-state index >= 15 is 0 Å². The van der Waals surface area contributed by atoms with E-state index in [0.717, 1.165) is 19.5 Å². The van der Waals surface area contributed by atoms with E-state index in [1.807, 2.05) is 0 Å². The molecule has 2 unspecified atom stereocenters. The number of phosphoric ester groups is 1. The molecular weight excluding hydrogens is 349 g/mol. The molecule has 1 aliphatic carbocycles. The summed E-state index contributed by atoms with van der Waals surface area (Å²) in [6, 6.07) is 15.1. The molecule has 0 aromatic heterocycles. The lowest BCUT2D eigenvalue weighted by molar-refractivity contribution is 0.0156. The third kappa shape index (κ3) is 3.26. The largest absolute Gasteiger partial charge is 0.474 e. The molecule has 0 spiro atoms. The predicted octanol–water partition coefficient (Wildman–Crippen LogP) is 4.08. The molecule has 6 heteroatoms. The number of rotatable bonds is 7. The quantitative estimate of drug-likeness (QED) is 0.585. The van der Waals surface area contributed by atoms with Gasteiger partial charge in [-0.1, -0.05) is 48.5 Å². The van der Waals surface area contributed by atoms with Crippen LogP contribution >= 0.6 is 7.82 Å². The summed E-state index contributed by atoms with van der Waals surface area (Å²) in [6.45, 7) is 6.97. The Kier molecular flexibility index (Phi) is 4.54. The number of benzene rings is 2. The van der Waals surface area contributed by atoms with Gasteiger partial charge in [-0.2, -0.15) is 0 Å². The number of likely N-dealkylation sites (tertiary alicyclic amines) is 1. The smallest absolute Gasteiger partial charge is 0.302 e. The Morgan fingerprint density at radius 1 is 1.38 bits per heavy atom. The summed E-state index contributed by atoms with van der Waals surface area (Å²) in [5.41, 5.74) is 1.49. The molecule has 2 aromatic carbocycles. The molecule has 138 valence electrons. The van der Waals surface area contributed by atoms with Crippen LogP contribution < -0.4 is 0 Å². The summed E-state index contributed by atoms with van der Waals surface area (Å²) < 4.78 is 22.1. The van der Waals surface area contributed by atoms with Crippen LogP contribution in [0.3, 0.4) is 0 Å². The lowest BCUT2D eigenvalue weighted by atomic mass is 9.93. The van der Waals surface area contributed by atoms with Gasteiger partial charge in [-0.25, -0.2) is 4.57 Å². The van der Waals surface area contributed by atoms with E-state index < -0.39 is 14.1 Å². The maximum Gasteiger partial charge on any atom is 0.474 e. The number of piperidine rings is 1. The molecule has 1 aliphatic heterocycles. The average molecular weight is 373 g/mol. The van der Waals surface area contributed by atoms with Gasteiger partial charge >= 0.3 is 7.82 Å². The van der Waals surface area contributed by atoms with Crippen LogP contribution in [0.5, 0.6) is 0 Å². The highest BCUT2D eigenvalue weighted by atomic mass is 31.2. The van der Waals surface area contributed by atoms with Gasteiger partial charge in [0.05, 0.1) is 6.61 Å². The normalized spacial score (nSPS) is 28.5. The summed E-state index contributed by atoms with van der Waals surface area (Å²) >= 11 is 0. The number of nitrogens with zero attached hydrogens (tertiary/aromatic N) is 1. The van der Waals surface area contributed by atoms with Crippen LogP contribution in [0.2, 0.25) is 0 Å². The standard InChI is InChI=1S/C20H24NO4P/c1-3-10-24-26(22,23)25-15(2)21-13-19-12-20(19,14-21)18-9-8-16-6-4-5-7-17(16)11-18/h3-9,11,15,19H,1,10,12-14H2,2H3,(H,22,23)/t15?,19-,20+/m1/s1. The Morgan fingerprint density at radius 2 is 2.15 bits per heavy atom. The Labute approximate surface area is 153 Å². The molecule has 1 saturated carbocycles. The lowest BCUT2D eigenvalue weighted by Gasteiger charge is -2.28. The Morgan fingerprint density at radius 3 is 2.92 bits per heavy atom. The molecule has 4 rings (SSSR count). The summed E-state index contributed by atoms with van der Waals surface area (Å²) in [7, 11) is -4.06. The summed E-state index contributed by atoms with van der Waals surface area (Å²) in [6.07, 6.45) is 2.12. The Bertz CT molecular complexity index is 885. The van der Waals surface area contributed by atoms with Crippen molar-refractivity contribution in [2.45, 2.75) is 25.0 Å². The number of phosphoric acid groups is 1. The van der Waals surface area contributed by atoms with Gasteiger partial charge in [0.15, 0.2) is 0 Å². The van der Waals surface area contributed by atoms with Crippen molar-refractivity contribution in [1.29, 1.82) is 0 Å². The van der Waals surface area contributed by atoms with Crippen LogP contribution in [0.1, 0.15) is 18.9 Å². The third-order valence-corrected chi connectivity index (χ3v) is 6.70. The van der Waals surface area contributed by atoms with Gasteiger partial charge in [0, 0.05) is 18.5 Å². The van der Waals surface area contributed by atoms with E-state index in [9.17, 15) is 9.46 Å². The number of hydrogen-bond acceptors (Lipinski definition) is 4. The van der Waals surface area contributed by atoms with E-state index in [-0.39, 0.29) is 12.0 Å². The zero-order valence-corrected chi connectivity index (χ0v) is 15.8. The second kappa shape index (κ2) is 6.59. The zero-order chi connectivity index (χ0) is 18.4. The van der Waals surface area contributed by atoms with E-state index in [2.05, 4.69) is 53.9 Å². The Hall–Kier alpha value is -1.49. The Balaban J connectivity index is 1.47. The lowest BCUT2D eigenvalue weighted by Crippen LogP contribution is -2.36. The van der Waals surface area contributed by atoms with Crippen molar-refractivity contribution in [2.24, 2.45) is 5.92 Å². The van der Waals surface area contributed by atoms with E-state index in [1.165, 1.54) is 22.4 Å². The number of fused-ring (bicyclic) bond motifs is 2. The average Bonchev–Trinajstić information content (AvgIpc) is 3.20. The first-order valence-electron chi connectivity index (χ1n) is 8.93. The summed E-state index contributed by atoms with van der Waals surface area (Å²) in [4.78, 5) is 11.9.